The van der Waals surface area contributed by atoms with Gasteiger partial charge in [0.2, 0.25) is 0 Å². The molecule has 1 aromatic heterocycles. The molecule has 1 heterocycles. The van der Waals surface area contributed by atoms with Crippen LogP contribution in [0.5, 0.6) is 0 Å². The molecule has 0 aliphatic rings. The van der Waals surface area contributed by atoms with Gasteiger partial charge in [-0.1, -0.05) is 0 Å². The minimum atomic E-state index is 0.0491. The normalized spacial score (nSPS) is 12.8. The van der Waals surface area contributed by atoms with Crippen LogP contribution < -0.4 is 4.90 Å². The van der Waals surface area contributed by atoms with E-state index >= 15 is 0 Å². The Bertz CT molecular complexity index is 379. The van der Waals surface area contributed by atoms with Gasteiger partial charge in [-0.2, -0.15) is 0 Å². The van der Waals surface area contributed by atoms with E-state index in [1.165, 1.54) is 0 Å². The summed E-state index contributed by atoms with van der Waals surface area (Å²) in [6.45, 7) is 8.38. The van der Waals surface area contributed by atoms with Gasteiger partial charge < -0.3 is 14.9 Å². The Hall–Kier alpha value is -1.13. The number of aliphatic hydroxyl groups excluding tert-OH is 1. The van der Waals surface area contributed by atoms with Gasteiger partial charge in [-0.05, 0) is 52.1 Å². The fourth-order valence-corrected chi connectivity index (χ4v) is 2.31. The van der Waals surface area contributed by atoms with Crippen molar-refractivity contribution >= 4 is 5.82 Å². The third-order valence-corrected chi connectivity index (χ3v) is 3.06. The summed E-state index contributed by atoms with van der Waals surface area (Å²) in [5.74, 6) is 1.02. The van der Waals surface area contributed by atoms with Crippen molar-refractivity contribution in [3.8, 4) is 0 Å². The predicted octanol–water partition coefficient (Wildman–Crippen LogP) is 1.66. The Labute approximate surface area is 110 Å². The van der Waals surface area contributed by atoms with Gasteiger partial charge in [0.15, 0.2) is 0 Å². The van der Waals surface area contributed by atoms with Gasteiger partial charge in [0, 0.05) is 25.3 Å². The fourth-order valence-electron chi connectivity index (χ4n) is 2.31. The fraction of sp³-hybridized carbons (Fsp3) is 0.643. The van der Waals surface area contributed by atoms with E-state index in [4.69, 9.17) is 5.11 Å². The molecule has 0 amide bonds. The Morgan fingerprint density at radius 1 is 1.39 bits per heavy atom. The molecular formula is C14H25N3O. The van der Waals surface area contributed by atoms with E-state index in [0.29, 0.717) is 6.04 Å². The number of aryl methyl sites for hydroxylation is 1. The minimum absolute atomic E-state index is 0.0491. The number of anilines is 1. The standard InChI is InChI=1S/C14H25N3O/c1-6-17(12(3)9-16(4)5)14-11(2)7-13(10-18)8-15-14/h7-8,12,18H,6,9-10H2,1-5H3. The van der Waals surface area contributed by atoms with Crippen molar-refractivity contribution in [3.05, 3.63) is 23.4 Å². The number of aliphatic hydroxyl groups is 1. The van der Waals surface area contributed by atoms with Crippen LogP contribution in [0.4, 0.5) is 5.82 Å². The van der Waals surface area contributed by atoms with E-state index in [2.05, 4.69) is 42.7 Å². The maximum atomic E-state index is 9.12. The summed E-state index contributed by atoms with van der Waals surface area (Å²) in [4.78, 5) is 8.98. The molecule has 0 fully saturated rings. The van der Waals surface area contributed by atoms with Crippen LogP contribution >= 0.6 is 0 Å². The number of pyridine rings is 1. The highest BCUT2D eigenvalue weighted by Crippen LogP contribution is 2.20. The highest BCUT2D eigenvalue weighted by molar-refractivity contribution is 5.48. The summed E-state index contributed by atoms with van der Waals surface area (Å²) in [5.41, 5.74) is 1.99. The van der Waals surface area contributed by atoms with Crippen LogP contribution in [0.1, 0.15) is 25.0 Å². The molecule has 1 rings (SSSR count). The Kier molecular flexibility index (Phi) is 5.56. The second kappa shape index (κ2) is 6.71. The molecule has 4 heteroatoms. The Morgan fingerprint density at radius 3 is 2.50 bits per heavy atom. The monoisotopic (exact) mass is 251 g/mol. The molecular weight excluding hydrogens is 226 g/mol. The highest BCUT2D eigenvalue weighted by atomic mass is 16.3. The van der Waals surface area contributed by atoms with Gasteiger partial charge in [0.1, 0.15) is 5.82 Å². The lowest BCUT2D eigenvalue weighted by Crippen LogP contribution is -2.40. The first-order valence-corrected chi connectivity index (χ1v) is 6.47. The van der Waals surface area contributed by atoms with Crippen LogP contribution in [0.25, 0.3) is 0 Å². The Morgan fingerprint density at radius 2 is 2.06 bits per heavy atom. The topological polar surface area (TPSA) is 39.6 Å². The van der Waals surface area contributed by atoms with Crippen molar-refractivity contribution < 1.29 is 5.11 Å². The van der Waals surface area contributed by atoms with Crippen molar-refractivity contribution in [2.75, 3.05) is 32.1 Å². The lowest BCUT2D eigenvalue weighted by molar-refractivity contribution is 0.281. The first-order chi connectivity index (χ1) is 8.49. The first kappa shape index (κ1) is 14.9. The zero-order chi connectivity index (χ0) is 13.7. The molecule has 0 aromatic carbocycles. The van der Waals surface area contributed by atoms with Gasteiger partial charge in [-0.3, -0.25) is 0 Å². The van der Waals surface area contributed by atoms with Crippen molar-refractivity contribution in [1.82, 2.24) is 9.88 Å². The molecule has 0 spiro atoms. The van der Waals surface area contributed by atoms with Crippen LogP contribution in [0.15, 0.2) is 12.3 Å². The smallest absolute Gasteiger partial charge is 0.131 e. The molecule has 4 nitrogen and oxygen atoms in total. The lowest BCUT2D eigenvalue weighted by atomic mass is 10.1. The van der Waals surface area contributed by atoms with Gasteiger partial charge in [0.25, 0.3) is 0 Å². The number of hydrogen-bond donors (Lipinski definition) is 1. The number of hydrogen-bond acceptors (Lipinski definition) is 4. The molecule has 1 aromatic rings. The third kappa shape index (κ3) is 3.68. The number of likely N-dealkylation sites (N-methyl/N-ethyl adjacent to an activating group) is 2. The lowest BCUT2D eigenvalue weighted by Gasteiger charge is -2.32. The van der Waals surface area contributed by atoms with Crippen molar-refractivity contribution in [2.45, 2.75) is 33.4 Å². The van der Waals surface area contributed by atoms with Crippen LogP contribution in [-0.4, -0.2) is 48.2 Å². The van der Waals surface area contributed by atoms with Gasteiger partial charge in [0.05, 0.1) is 6.61 Å². The molecule has 102 valence electrons. The zero-order valence-electron chi connectivity index (χ0n) is 12.1. The van der Waals surface area contributed by atoms with Crippen molar-refractivity contribution in [3.63, 3.8) is 0 Å². The molecule has 18 heavy (non-hydrogen) atoms. The summed E-state index contributed by atoms with van der Waals surface area (Å²) in [7, 11) is 4.17. The summed E-state index contributed by atoms with van der Waals surface area (Å²) in [5, 5.41) is 9.12. The molecule has 0 bridgehead atoms. The van der Waals surface area contributed by atoms with Crippen LogP contribution in [-0.2, 0) is 6.61 Å². The SMILES string of the molecule is CCN(c1ncc(CO)cc1C)C(C)CN(C)C. The summed E-state index contributed by atoms with van der Waals surface area (Å²) in [6, 6.07) is 2.42. The van der Waals surface area contributed by atoms with Gasteiger partial charge >= 0.3 is 0 Å². The van der Waals surface area contributed by atoms with Gasteiger partial charge in [-0.15, -0.1) is 0 Å². The molecule has 0 aliphatic heterocycles. The zero-order valence-corrected chi connectivity index (χ0v) is 12.1. The van der Waals surface area contributed by atoms with E-state index in [-0.39, 0.29) is 6.61 Å². The van der Waals surface area contributed by atoms with E-state index in [0.717, 1.165) is 30.0 Å². The van der Waals surface area contributed by atoms with E-state index in [1.807, 2.05) is 13.0 Å². The van der Waals surface area contributed by atoms with Crippen LogP contribution in [0.2, 0.25) is 0 Å². The average molecular weight is 251 g/mol. The maximum absolute atomic E-state index is 9.12. The Balaban J connectivity index is 2.94. The highest BCUT2D eigenvalue weighted by Gasteiger charge is 2.16. The van der Waals surface area contributed by atoms with Crippen molar-refractivity contribution in [2.24, 2.45) is 0 Å². The molecule has 0 saturated heterocycles. The summed E-state index contributed by atoms with van der Waals surface area (Å²) in [6.07, 6.45) is 1.76. The molecule has 1 unspecified atom stereocenters. The van der Waals surface area contributed by atoms with Crippen LogP contribution in [0, 0.1) is 6.92 Å². The number of aromatic nitrogens is 1. The summed E-state index contributed by atoms with van der Waals surface area (Å²) >= 11 is 0. The predicted molar refractivity (Wildman–Crippen MR) is 75.9 cm³/mol. The van der Waals surface area contributed by atoms with E-state index in [1.54, 1.807) is 6.20 Å². The number of nitrogens with zero attached hydrogens (tertiary/aromatic N) is 3. The number of rotatable bonds is 6. The van der Waals surface area contributed by atoms with E-state index < -0.39 is 0 Å². The van der Waals surface area contributed by atoms with E-state index in [9.17, 15) is 0 Å². The van der Waals surface area contributed by atoms with Gasteiger partial charge in [-0.25, -0.2) is 4.98 Å². The largest absolute Gasteiger partial charge is 0.392 e. The third-order valence-electron chi connectivity index (χ3n) is 3.06. The first-order valence-electron chi connectivity index (χ1n) is 6.47. The molecule has 0 radical (unpaired) electrons. The minimum Gasteiger partial charge on any atom is -0.392 e. The molecule has 1 atom stereocenters. The second-order valence-electron chi connectivity index (χ2n) is 5.04. The summed E-state index contributed by atoms with van der Waals surface area (Å²) < 4.78 is 0. The molecule has 1 N–H and O–H groups in total. The van der Waals surface area contributed by atoms with Crippen LogP contribution in [0.3, 0.4) is 0 Å². The quantitative estimate of drug-likeness (QED) is 0.834. The van der Waals surface area contributed by atoms with Crippen molar-refractivity contribution in [1.29, 1.82) is 0 Å². The second-order valence-corrected chi connectivity index (χ2v) is 5.04. The maximum Gasteiger partial charge on any atom is 0.131 e. The average Bonchev–Trinajstić information content (AvgIpc) is 2.31. The molecule has 0 aliphatic carbocycles. The molecule has 0 saturated carbocycles.